The van der Waals surface area contributed by atoms with E-state index >= 15 is 0 Å². The van der Waals surface area contributed by atoms with E-state index in [9.17, 15) is 14.0 Å². The molecule has 0 saturated carbocycles. The van der Waals surface area contributed by atoms with Crippen LogP contribution in [0.15, 0.2) is 71.9 Å². The van der Waals surface area contributed by atoms with Crippen molar-refractivity contribution < 1.29 is 18.7 Å². The summed E-state index contributed by atoms with van der Waals surface area (Å²) in [5, 5.41) is 2.76. The molecule has 2 aromatic carbocycles. The minimum absolute atomic E-state index is 0.00870. The standard InChI is InChI=1S/C24H21FN4O3/c1-32-19-5-2-4-17(12-19)21-13-23(31)29(24-20(28-21)6-3-11-26-24)15-22(30)27-14-16-7-9-18(25)10-8-16/h2-12H,13-15H2,1H3,(H,27,30). The number of amides is 2. The molecule has 0 bridgehead atoms. The quantitative estimate of drug-likeness (QED) is 0.647. The van der Waals surface area contributed by atoms with Crippen LogP contribution in [-0.4, -0.2) is 36.2 Å². The highest BCUT2D eigenvalue weighted by molar-refractivity contribution is 6.18. The number of halogens is 1. The lowest BCUT2D eigenvalue weighted by atomic mass is 10.1. The number of carbonyl (C=O) groups is 2. The molecular formula is C24H21FN4O3. The summed E-state index contributed by atoms with van der Waals surface area (Å²) >= 11 is 0. The van der Waals surface area contributed by atoms with E-state index in [-0.39, 0.29) is 37.1 Å². The molecule has 3 aromatic rings. The minimum Gasteiger partial charge on any atom is -0.497 e. The van der Waals surface area contributed by atoms with E-state index in [1.165, 1.54) is 17.0 Å². The third-order valence-electron chi connectivity index (χ3n) is 5.00. The molecule has 0 aliphatic carbocycles. The first kappa shape index (κ1) is 21.2. The van der Waals surface area contributed by atoms with Crippen LogP contribution in [-0.2, 0) is 16.1 Å². The van der Waals surface area contributed by atoms with Gasteiger partial charge in [0.05, 0.1) is 19.2 Å². The van der Waals surface area contributed by atoms with Gasteiger partial charge in [0.2, 0.25) is 11.8 Å². The number of pyridine rings is 1. The van der Waals surface area contributed by atoms with E-state index in [1.807, 2.05) is 24.3 Å². The van der Waals surface area contributed by atoms with Crippen LogP contribution in [0.3, 0.4) is 0 Å². The van der Waals surface area contributed by atoms with E-state index in [1.54, 1.807) is 37.6 Å². The molecule has 1 N–H and O–H groups in total. The molecule has 4 rings (SSSR count). The molecule has 2 heterocycles. The second-order valence-electron chi connectivity index (χ2n) is 7.20. The van der Waals surface area contributed by atoms with Crippen molar-refractivity contribution >= 4 is 29.0 Å². The molecule has 8 heteroatoms. The zero-order chi connectivity index (χ0) is 22.5. The molecule has 2 amide bonds. The summed E-state index contributed by atoms with van der Waals surface area (Å²) in [6.45, 7) is 0.0206. The van der Waals surface area contributed by atoms with Gasteiger partial charge in [-0.15, -0.1) is 0 Å². The number of ether oxygens (including phenoxy) is 1. The van der Waals surface area contributed by atoms with E-state index in [2.05, 4.69) is 15.3 Å². The van der Waals surface area contributed by atoms with Crippen molar-refractivity contribution in [1.82, 2.24) is 10.3 Å². The molecule has 1 aliphatic rings. The summed E-state index contributed by atoms with van der Waals surface area (Å²) in [7, 11) is 1.57. The summed E-state index contributed by atoms with van der Waals surface area (Å²) in [4.78, 5) is 36.0. The van der Waals surface area contributed by atoms with Crippen LogP contribution in [0.4, 0.5) is 15.9 Å². The first-order chi connectivity index (χ1) is 15.5. The molecule has 0 saturated heterocycles. The second-order valence-corrected chi connectivity index (χ2v) is 7.20. The molecule has 0 spiro atoms. The minimum atomic E-state index is -0.357. The number of nitrogens with zero attached hydrogens (tertiary/aromatic N) is 3. The highest BCUT2D eigenvalue weighted by atomic mass is 19.1. The number of carbonyl (C=O) groups excluding carboxylic acids is 2. The molecule has 7 nitrogen and oxygen atoms in total. The largest absolute Gasteiger partial charge is 0.497 e. The Balaban J connectivity index is 1.54. The van der Waals surface area contributed by atoms with Crippen molar-refractivity contribution in [2.24, 2.45) is 4.99 Å². The number of fused-ring (bicyclic) bond motifs is 1. The number of aliphatic imine (C=N–C) groups is 1. The normalized spacial score (nSPS) is 13.1. The highest BCUT2D eigenvalue weighted by Crippen LogP contribution is 2.31. The van der Waals surface area contributed by atoms with Crippen molar-refractivity contribution in [1.29, 1.82) is 0 Å². The maximum atomic E-state index is 13.1. The van der Waals surface area contributed by atoms with Crippen molar-refractivity contribution in [3.8, 4) is 5.75 Å². The Kier molecular flexibility index (Phi) is 6.21. The van der Waals surface area contributed by atoms with Crippen molar-refractivity contribution in [3.05, 3.63) is 83.8 Å². The van der Waals surface area contributed by atoms with Crippen LogP contribution in [0.25, 0.3) is 0 Å². The molecule has 1 aliphatic heterocycles. The van der Waals surface area contributed by atoms with Gasteiger partial charge in [0.1, 0.15) is 23.8 Å². The number of anilines is 1. The Hall–Kier alpha value is -4.07. The van der Waals surface area contributed by atoms with Gasteiger partial charge in [-0.2, -0.15) is 0 Å². The molecule has 1 aromatic heterocycles. The third kappa shape index (κ3) is 4.80. The average Bonchev–Trinajstić information content (AvgIpc) is 2.95. The van der Waals surface area contributed by atoms with E-state index in [4.69, 9.17) is 4.74 Å². The van der Waals surface area contributed by atoms with E-state index in [0.29, 0.717) is 23.0 Å². The Morgan fingerprint density at radius 3 is 2.75 bits per heavy atom. The van der Waals surface area contributed by atoms with Crippen LogP contribution >= 0.6 is 0 Å². The third-order valence-corrected chi connectivity index (χ3v) is 5.00. The number of rotatable bonds is 6. The second kappa shape index (κ2) is 9.38. The van der Waals surface area contributed by atoms with Crippen molar-refractivity contribution in [2.45, 2.75) is 13.0 Å². The van der Waals surface area contributed by atoms with Gasteiger partial charge < -0.3 is 10.1 Å². The molecule has 0 radical (unpaired) electrons. The summed E-state index contributed by atoms with van der Waals surface area (Å²) in [5.41, 5.74) is 2.58. The van der Waals surface area contributed by atoms with Gasteiger partial charge >= 0.3 is 0 Å². The zero-order valence-electron chi connectivity index (χ0n) is 17.4. The number of methoxy groups -OCH3 is 1. The van der Waals surface area contributed by atoms with Gasteiger partial charge in [-0.1, -0.05) is 24.3 Å². The Labute approximate surface area is 184 Å². The molecule has 32 heavy (non-hydrogen) atoms. The van der Waals surface area contributed by atoms with Crippen molar-refractivity contribution in [2.75, 3.05) is 18.6 Å². The lowest BCUT2D eigenvalue weighted by Crippen LogP contribution is -2.41. The monoisotopic (exact) mass is 432 g/mol. The summed E-state index contributed by atoms with van der Waals surface area (Å²) < 4.78 is 18.3. The Morgan fingerprint density at radius 1 is 1.16 bits per heavy atom. The Morgan fingerprint density at radius 2 is 1.97 bits per heavy atom. The van der Waals surface area contributed by atoms with Crippen LogP contribution in [0.5, 0.6) is 5.75 Å². The average molecular weight is 432 g/mol. The van der Waals surface area contributed by atoms with Crippen LogP contribution in [0, 0.1) is 5.82 Å². The predicted molar refractivity (Wildman–Crippen MR) is 119 cm³/mol. The van der Waals surface area contributed by atoms with E-state index in [0.717, 1.165) is 11.1 Å². The SMILES string of the molecule is COc1cccc(C2=Nc3cccnc3N(CC(=O)NCc3ccc(F)cc3)C(=O)C2)c1. The first-order valence-corrected chi connectivity index (χ1v) is 10.0. The molecule has 0 atom stereocenters. The predicted octanol–water partition coefficient (Wildman–Crippen LogP) is 3.40. The molecule has 162 valence electrons. The maximum absolute atomic E-state index is 13.1. The smallest absolute Gasteiger partial charge is 0.240 e. The van der Waals surface area contributed by atoms with E-state index < -0.39 is 0 Å². The van der Waals surface area contributed by atoms with Gasteiger partial charge in [-0.05, 0) is 42.0 Å². The number of aromatic nitrogens is 1. The zero-order valence-corrected chi connectivity index (χ0v) is 17.4. The fourth-order valence-corrected chi connectivity index (χ4v) is 3.36. The van der Waals surface area contributed by atoms with Crippen LogP contribution < -0.4 is 15.0 Å². The number of nitrogens with one attached hydrogen (secondary N) is 1. The lowest BCUT2D eigenvalue weighted by Gasteiger charge is -2.20. The van der Waals surface area contributed by atoms with Gasteiger partial charge in [0.25, 0.3) is 0 Å². The first-order valence-electron chi connectivity index (χ1n) is 10.0. The van der Waals surface area contributed by atoms with Gasteiger partial charge in [0, 0.05) is 18.3 Å². The van der Waals surface area contributed by atoms with Gasteiger partial charge in [-0.25, -0.2) is 14.4 Å². The molecule has 0 unspecified atom stereocenters. The molecular weight excluding hydrogens is 411 g/mol. The van der Waals surface area contributed by atoms with Crippen LogP contribution in [0.2, 0.25) is 0 Å². The summed E-state index contributed by atoms with van der Waals surface area (Å²) in [6, 6.07) is 16.7. The summed E-state index contributed by atoms with van der Waals surface area (Å²) in [6.07, 6.45) is 1.57. The summed E-state index contributed by atoms with van der Waals surface area (Å²) in [5.74, 6) is -0.00696. The fraction of sp³-hybridized carbons (Fsp3) is 0.167. The van der Waals surface area contributed by atoms with Crippen LogP contribution in [0.1, 0.15) is 17.5 Å². The maximum Gasteiger partial charge on any atom is 0.240 e. The van der Waals surface area contributed by atoms with Crippen molar-refractivity contribution in [3.63, 3.8) is 0 Å². The topological polar surface area (TPSA) is 83.9 Å². The molecule has 0 fully saturated rings. The Bertz CT molecular complexity index is 1180. The highest BCUT2D eigenvalue weighted by Gasteiger charge is 2.27. The lowest BCUT2D eigenvalue weighted by molar-refractivity contribution is -0.123. The number of hydrogen-bond donors (Lipinski definition) is 1. The van der Waals surface area contributed by atoms with Gasteiger partial charge in [0.15, 0.2) is 5.82 Å². The van der Waals surface area contributed by atoms with Gasteiger partial charge in [-0.3, -0.25) is 14.5 Å². The number of hydrogen-bond acceptors (Lipinski definition) is 5. The fourth-order valence-electron chi connectivity index (χ4n) is 3.36. The number of benzene rings is 2.